The van der Waals surface area contributed by atoms with Crippen LogP contribution in [-0.4, -0.2) is 29.9 Å². The van der Waals surface area contributed by atoms with Gasteiger partial charge in [0.15, 0.2) is 0 Å². The Labute approximate surface area is 139 Å². The quantitative estimate of drug-likeness (QED) is 0.843. The van der Waals surface area contributed by atoms with Crippen LogP contribution in [0.25, 0.3) is 0 Å². The average molecular weight is 331 g/mol. The fourth-order valence-corrected chi connectivity index (χ4v) is 4.95. The minimum atomic E-state index is -0.0824. The second-order valence-corrected chi connectivity index (χ2v) is 7.89. The Bertz CT molecular complexity index is 698. The van der Waals surface area contributed by atoms with Gasteiger partial charge in [0.1, 0.15) is 0 Å². The third-order valence-corrected chi connectivity index (χ3v) is 6.65. The van der Waals surface area contributed by atoms with Crippen LogP contribution in [0.5, 0.6) is 0 Å². The second-order valence-electron chi connectivity index (χ2n) is 6.89. The normalized spacial score (nSPS) is 23.7. The molecule has 0 amide bonds. The van der Waals surface area contributed by atoms with Crippen molar-refractivity contribution in [2.75, 3.05) is 24.6 Å². The van der Waals surface area contributed by atoms with Gasteiger partial charge in [-0.3, -0.25) is 0 Å². The molecule has 0 unspecified atom stereocenters. The lowest BCUT2D eigenvalue weighted by Crippen LogP contribution is -2.46. The number of rotatable bonds is 2. The van der Waals surface area contributed by atoms with Crippen molar-refractivity contribution >= 4 is 17.4 Å². The predicted molar refractivity (Wildman–Crippen MR) is 88.0 cm³/mol. The summed E-state index contributed by atoms with van der Waals surface area (Å²) >= 11 is 1.87. The van der Waals surface area contributed by atoms with Gasteiger partial charge >= 0.3 is 6.01 Å². The Morgan fingerprint density at radius 2 is 2.09 bits per heavy atom. The van der Waals surface area contributed by atoms with Gasteiger partial charge in [0.05, 0.1) is 12.2 Å². The molecule has 2 aromatic heterocycles. The van der Waals surface area contributed by atoms with E-state index in [2.05, 4.69) is 26.5 Å². The molecular weight excluding hydrogens is 310 g/mol. The lowest BCUT2D eigenvalue weighted by Gasteiger charge is -2.43. The first-order chi connectivity index (χ1) is 11.3. The molecule has 1 spiro atoms. The van der Waals surface area contributed by atoms with E-state index in [-0.39, 0.29) is 5.60 Å². The topological polar surface area (TPSA) is 51.4 Å². The van der Waals surface area contributed by atoms with Crippen molar-refractivity contribution in [1.29, 1.82) is 0 Å². The van der Waals surface area contributed by atoms with Gasteiger partial charge in [-0.1, -0.05) is 11.5 Å². The van der Waals surface area contributed by atoms with E-state index in [1.54, 1.807) is 0 Å². The summed E-state index contributed by atoms with van der Waals surface area (Å²) in [5.74, 6) is 1.34. The number of hydrogen-bond donors (Lipinski definition) is 0. The maximum Gasteiger partial charge on any atom is 0.318 e. The van der Waals surface area contributed by atoms with Crippen LogP contribution in [0.3, 0.4) is 0 Å². The van der Waals surface area contributed by atoms with Gasteiger partial charge in [0.2, 0.25) is 5.89 Å². The van der Waals surface area contributed by atoms with Crippen LogP contribution in [0.4, 0.5) is 6.01 Å². The van der Waals surface area contributed by atoms with Gasteiger partial charge in [-0.25, -0.2) is 0 Å². The first-order valence-corrected chi connectivity index (χ1v) is 9.51. The summed E-state index contributed by atoms with van der Waals surface area (Å²) in [5.41, 5.74) is 1.34. The van der Waals surface area contributed by atoms with Gasteiger partial charge in [-0.05, 0) is 42.7 Å². The maximum atomic E-state index is 6.26. The fraction of sp³-hybridized carbons (Fsp3) is 0.647. The standard InChI is InChI=1S/C17H21N3O2S/c1-2-12(3-1)15-18-19-16(22-15)20-8-6-17(7-9-20)13-5-11-23-14(13)4-10-21-17/h5,11-12H,1-4,6-10H2. The Hall–Kier alpha value is -1.40. The van der Waals surface area contributed by atoms with Crippen molar-refractivity contribution in [2.45, 2.75) is 50.0 Å². The monoisotopic (exact) mass is 331 g/mol. The molecule has 0 atom stereocenters. The van der Waals surface area contributed by atoms with Crippen molar-refractivity contribution in [1.82, 2.24) is 10.2 Å². The van der Waals surface area contributed by atoms with Crippen LogP contribution in [0.1, 0.15) is 54.4 Å². The van der Waals surface area contributed by atoms with E-state index in [9.17, 15) is 0 Å². The zero-order valence-corrected chi connectivity index (χ0v) is 14.0. The number of hydrogen-bond acceptors (Lipinski definition) is 6. The average Bonchev–Trinajstić information content (AvgIpc) is 3.17. The molecule has 2 fully saturated rings. The molecule has 2 aliphatic heterocycles. The molecule has 5 rings (SSSR count). The molecule has 3 aliphatic rings. The van der Waals surface area contributed by atoms with E-state index in [4.69, 9.17) is 9.15 Å². The summed E-state index contributed by atoms with van der Waals surface area (Å²) in [6.07, 6.45) is 6.73. The summed E-state index contributed by atoms with van der Waals surface area (Å²) in [5, 5.41) is 10.7. The number of anilines is 1. The molecule has 5 nitrogen and oxygen atoms in total. The highest BCUT2D eigenvalue weighted by atomic mass is 32.1. The van der Waals surface area contributed by atoms with Crippen LogP contribution in [0, 0.1) is 0 Å². The lowest BCUT2D eigenvalue weighted by atomic mass is 9.82. The summed E-state index contributed by atoms with van der Waals surface area (Å²) in [6.45, 7) is 2.68. The summed E-state index contributed by atoms with van der Waals surface area (Å²) in [7, 11) is 0. The second kappa shape index (κ2) is 5.31. The molecule has 6 heteroatoms. The van der Waals surface area contributed by atoms with E-state index in [0.29, 0.717) is 11.9 Å². The van der Waals surface area contributed by atoms with Crippen LogP contribution >= 0.6 is 11.3 Å². The van der Waals surface area contributed by atoms with Crippen molar-refractivity contribution in [3.05, 3.63) is 27.8 Å². The van der Waals surface area contributed by atoms with Crippen LogP contribution in [0.15, 0.2) is 15.9 Å². The number of aromatic nitrogens is 2. The zero-order chi connectivity index (χ0) is 15.3. The molecule has 0 radical (unpaired) electrons. The maximum absolute atomic E-state index is 6.26. The first-order valence-electron chi connectivity index (χ1n) is 8.63. The van der Waals surface area contributed by atoms with Crippen molar-refractivity contribution in [3.8, 4) is 0 Å². The Morgan fingerprint density at radius 1 is 1.22 bits per heavy atom. The third-order valence-electron chi connectivity index (χ3n) is 5.67. The molecule has 4 heterocycles. The van der Waals surface area contributed by atoms with E-state index in [0.717, 1.165) is 44.8 Å². The smallest absolute Gasteiger partial charge is 0.318 e. The minimum Gasteiger partial charge on any atom is -0.408 e. The van der Waals surface area contributed by atoms with Gasteiger partial charge < -0.3 is 14.1 Å². The Balaban J connectivity index is 1.32. The number of ether oxygens (including phenoxy) is 1. The SMILES string of the molecule is c1cc2c(s1)CCOC21CCN(c2nnc(C3CCC3)o2)CC1. The number of piperidine rings is 1. The van der Waals surface area contributed by atoms with E-state index >= 15 is 0 Å². The van der Waals surface area contributed by atoms with Crippen molar-refractivity contribution in [3.63, 3.8) is 0 Å². The minimum absolute atomic E-state index is 0.0824. The zero-order valence-electron chi connectivity index (χ0n) is 13.2. The van der Waals surface area contributed by atoms with Crippen molar-refractivity contribution < 1.29 is 9.15 Å². The molecule has 122 valence electrons. The highest BCUT2D eigenvalue weighted by molar-refractivity contribution is 7.10. The summed E-state index contributed by atoms with van der Waals surface area (Å²) in [6, 6.07) is 2.96. The highest BCUT2D eigenvalue weighted by Crippen LogP contribution is 2.44. The number of nitrogens with zero attached hydrogens (tertiary/aromatic N) is 3. The molecule has 0 aromatic carbocycles. The van der Waals surface area contributed by atoms with Crippen LogP contribution < -0.4 is 4.90 Å². The van der Waals surface area contributed by atoms with Crippen LogP contribution in [0.2, 0.25) is 0 Å². The number of fused-ring (bicyclic) bond motifs is 2. The molecular formula is C17H21N3O2S. The molecule has 1 saturated carbocycles. The largest absolute Gasteiger partial charge is 0.408 e. The Morgan fingerprint density at radius 3 is 2.87 bits per heavy atom. The van der Waals surface area contributed by atoms with E-state index in [1.165, 1.54) is 29.7 Å². The summed E-state index contributed by atoms with van der Waals surface area (Å²) in [4.78, 5) is 3.74. The van der Waals surface area contributed by atoms with Crippen molar-refractivity contribution in [2.24, 2.45) is 0 Å². The third kappa shape index (κ3) is 2.22. The molecule has 1 saturated heterocycles. The summed E-state index contributed by atoms with van der Waals surface area (Å²) < 4.78 is 12.2. The molecule has 0 bridgehead atoms. The number of thiophene rings is 1. The molecule has 2 aromatic rings. The molecule has 0 N–H and O–H groups in total. The Kier molecular flexibility index (Phi) is 3.23. The van der Waals surface area contributed by atoms with Crippen LogP contribution in [-0.2, 0) is 16.8 Å². The van der Waals surface area contributed by atoms with Gasteiger partial charge in [-0.15, -0.1) is 16.4 Å². The molecule has 1 aliphatic carbocycles. The lowest BCUT2D eigenvalue weighted by molar-refractivity contribution is -0.0760. The van der Waals surface area contributed by atoms with E-state index < -0.39 is 0 Å². The highest BCUT2D eigenvalue weighted by Gasteiger charge is 2.42. The molecule has 23 heavy (non-hydrogen) atoms. The van der Waals surface area contributed by atoms with Gasteiger partial charge in [0, 0.05) is 30.3 Å². The predicted octanol–water partition coefficient (Wildman–Crippen LogP) is 3.47. The van der Waals surface area contributed by atoms with Gasteiger partial charge in [0.25, 0.3) is 0 Å². The van der Waals surface area contributed by atoms with Gasteiger partial charge in [-0.2, -0.15) is 0 Å². The fourth-order valence-electron chi connectivity index (χ4n) is 4.00. The van der Waals surface area contributed by atoms with E-state index in [1.807, 2.05) is 11.3 Å². The first kappa shape index (κ1) is 14.0.